The van der Waals surface area contributed by atoms with Gasteiger partial charge in [-0.15, -0.1) is 0 Å². The lowest BCUT2D eigenvalue weighted by Gasteiger charge is -2.06. The fourth-order valence-electron chi connectivity index (χ4n) is 1.19. The van der Waals surface area contributed by atoms with E-state index in [1.54, 1.807) is 24.3 Å². The topological polar surface area (TPSA) is 81.4 Å². The first-order valence-electron chi connectivity index (χ1n) is 5.09. The minimum Gasteiger partial charge on any atom is -0.497 e. The van der Waals surface area contributed by atoms with Crippen LogP contribution < -0.4 is 15.2 Å². The van der Waals surface area contributed by atoms with Gasteiger partial charge in [0, 0.05) is 19.2 Å². The highest BCUT2D eigenvalue weighted by molar-refractivity contribution is 7.89. The Morgan fingerprint density at radius 2 is 2.18 bits per heavy atom. The van der Waals surface area contributed by atoms with Crippen LogP contribution in [0.25, 0.3) is 0 Å². The van der Waals surface area contributed by atoms with E-state index >= 15 is 0 Å². The van der Waals surface area contributed by atoms with Crippen LogP contribution in [0.2, 0.25) is 0 Å². The zero-order valence-electron chi connectivity index (χ0n) is 9.59. The fourth-order valence-corrected chi connectivity index (χ4v) is 2.20. The molecule has 3 N–H and O–H groups in total. The van der Waals surface area contributed by atoms with Crippen molar-refractivity contribution in [1.29, 1.82) is 0 Å². The van der Waals surface area contributed by atoms with Gasteiger partial charge in [0.05, 0.1) is 12.0 Å². The van der Waals surface area contributed by atoms with Gasteiger partial charge >= 0.3 is 0 Å². The van der Waals surface area contributed by atoms with E-state index in [9.17, 15) is 8.42 Å². The first kappa shape index (κ1) is 13.7. The molecule has 6 heteroatoms. The highest BCUT2D eigenvalue weighted by atomic mass is 32.2. The van der Waals surface area contributed by atoms with Crippen LogP contribution in [0.4, 0.5) is 0 Å². The number of hydrogen-bond acceptors (Lipinski definition) is 4. The van der Waals surface area contributed by atoms with Crippen LogP contribution in [-0.4, -0.2) is 28.6 Å². The van der Waals surface area contributed by atoms with Gasteiger partial charge in [-0.3, -0.25) is 0 Å². The zero-order chi connectivity index (χ0) is 12.7. The second-order valence-electron chi connectivity index (χ2n) is 3.24. The van der Waals surface area contributed by atoms with Gasteiger partial charge in [-0.2, -0.15) is 0 Å². The maximum Gasteiger partial charge on any atom is 0.240 e. The van der Waals surface area contributed by atoms with E-state index in [1.807, 2.05) is 0 Å². The molecule has 94 valence electrons. The molecule has 1 aromatic carbocycles. The van der Waals surface area contributed by atoms with E-state index in [0.29, 0.717) is 12.3 Å². The molecule has 0 atom stereocenters. The summed E-state index contributed by atoms with van der Waals surface area (Å²) in [6, 6.07) is 6.29. The Bertz CT molecular complexity index is 483. The molecule has 0 aromatic heterocycles. The Hall–Kier alpha value is -1.37. The van der Waals surface area contributed by atoms with Gasteiger partial charge in [0.1, 0.15) is 5.75 Å². The highest BCUT2D eigenvalue weighted by Crippen LogP contribution is 2.16. The van der Waals surface area contributed by atoms with Crippen LogP contribution in [0.5, 0.6) is 5.75 Å². The summed E-state index contributed by atoms with van der Waals surface area (Å²) in [6.45, 7) is 0.609. The summed E-state index contributed by atoms with van der Waals surface area (Å²) in [4.78, 5) is 0.179. The molecular weight excluding hydrogens is 240 g/mol. The summed E-state index contributed by atoms with van der Waals surface area (Å²) in [7, 11) is -2.01. The summed E-state index contributed by atoms with van der Waals surface area (Å²) >= 11 is 0. The van der Waals surface area contributed by atoms with Gasteiger partial charge in [-0.1, -0.05) is 18.2 Å². The molecule has 1 aromatic rings. The molecule has 0 saturated carbocycles. The van der Waals surface area contributed by atoms with Crippen molar-refractivity contribution in [2.75, 3.05) is 20.2 Å². The number of hydrogen-bond donors (Lipinski definition) is 2. The Labute approximate surface area is 101 Å². The van der Waals surface area contributed by atoms with Crippen molar-refractivity contribution in [1.82, 2.24) is 4.72 Å². The Morgan fingerprint density at radius 3 is 2.82 bits per heavy atom. The second-order valence-corrected chi connectivity index (χ2v) is 5.00. The van der Waals surface area contributed by atoms with Crippen LogP contribution in [0.1, 0.15) is 0 Å². The van der Waals surface area contributed by atoms with E-state index in [1.165, 1.54) is 19.2 Å². The lowest BCUT2D eigenvalue weighted by molar-refractivity contribution is 0.413. The van der Waals surface area contributed by atoms with Gasteiger partial charge in [-0.05, 0) is 12.1 Å². The Kier molecular flexibility index (Phi) is 5.14. The summed E-state index contributed by atoms with van der Waals surface area (Å²) in [5.41, 5.74) is 5.25. The molecule has 0 saturated heterocycles. The summed E-state index contributed by atoms with van der Waals surface area (Å²) < 4.78 is 31.1. The minimum atomic E-state index is -3.50. The van der Waals surface area contributed by atoms with Crippen molar-refractivity contribution in [3.8, 4) is 5.75 Å². The van der Waals surface area contributed by atoms with Crippen molar-refractivity contribution >= 4 is 10.0 Å². The molecule has 0 unspecified atom stereocenters. The average molecular weight is 256 g/mol. The molecule has 0 fully saturated rings. The van der Waals surface area contributed by atoms with Crippen molar-refractivity contribution in [3.05, 3.63) is 36.4 Å². The van der Waals surface area contributed by atoms with Gasteiger partial charge in [0.2, 0.25) is 10.0 Å². The maximum atomic E-state index is 11.8. The van der Waals surface area contributed by atoms with Crippen LogP contribution in [-0.2, 0) is 10.0 Å². The third kappa shape index (κ3) is 4.18. The molecule has 1 rings (SSSR count). The number of nitrogens with two attached hydrogens (primary N) is 1. The van der Waals surface area contributed by atoms with Gasteiger partial charge in [0.25, 0.3) is 0 Å². The van der Waals surface area contributed by atoms with E-state index < -0.39 is 10.0 Å². The number of nitrogens with one attached hydrogen (secondary N) is 1. The number of ether oxygens (including phenoxy) is 1. The van der Waals surface area contributed by atoms with Crippen molar-refractivity contribution in [2.45, 2.75) is 4.90 Å². The molecule has 0 radical (unpaired) electrons. The monoisotopic (exact) mass is 256 g/mol. The Balaban J connectivity index is 2.78. The molecule has 0 amide bonds. The summed E-state index contributed by atoms with van der Waals surface area (Å²) in [6.07, 6.45) is 3.35. The van der Waals surface area contributed by atoms with E-state index in [4.69, 9.17) is 10.5 Å². The van der Waals surface area contributed by atoms with Crippen LogP contribution in [0, 0.1) is 0 Å². The van der Waals surface area contributed by atoms with E-state index in [-0.39, 0.29) is 11.4 Å². The molecule has 17 heavy (non-hydrogen) atoms. The fraction of sp³-hybridized carbons (Fsp3) is 0.273. The third-order valence-electron chi connectivity index (χ3n) is 2.05. The average Bonchev–Trinajstić information content (AvgIpc) is 2.35. The zero-order valence-corrected chi connectivity index (χ0v) is 10.4. The second kappa shape index (κ2) is 6.39. The predicted octanol–water partition coefficient (Wildman–Crippen LogP) is 0.488. The number of benzene rings is 1. The van der Waals surface area contributed by atoms with Crippen LogP contribution in [0.15, 0.2) is 41.3 Å². The largest absolute Gasteiger partial charge is 0.497 e. The number of sulfonamides is 1. The van der Waals surface area contributed by atoms with E-state index in [0.717, 1.165) is 0 Å². The molecule has 5 nitrogen and oxygen atoms in total. The molecule has 0 bridgehead atoms. The Morgan fingerprint density at radius 1 is 1.41 bits per heavy atom. The molecule has 0 heterocycles. The lowest BCUT2D eigenvalue weighted by atomic mass is 10.3. The molecule has 0 spiro atoms. The number of methoxy groups -OCH3 is 1. The summed E-state index contributed by atoms with van der Waals surface area (Å²) in [5, 5.41) is 0. The van der Waals surface area contributed by atoms with Gasteiger partial charge in [0.15, 0.2) is 0 Å². The van der Waals surface area contributed by atoms with Crippen LogP contribution >= 0.6 is 0 Å². The minimum absolute atomic E-state index is 0.179. The van der Waals surface area contributed by atoms with Crippen molar-refractivity contribution < 1.29 is 13.2 Å². The molecule has 0 aliphatic heterocycles. The normalized spacial score (nSPS) is 11.9. The first-order valence-corrected chi connectivity index (χ1v) is 6.57. The number of rotatable bonds is 6. The maximum absolute atomic E-state index is 11.8. The van der Waals surface area contributed by atoms with Crippen molar-refractivity contribution in [3.63, 3.8) is 0 Å². The molecule has 0 aliphatic rings. The first-order chi connectivity index (χ1) is 8.10. The molecule has 0 aliphatic carbocycles. The van der Waals surface area contributed by atoms with E-state index in [2.05, 4.69) is 4.72 Å². The highest BCUT2D eigenvalue weighted by Gasteiger charge is 2.12. The van der Waals surface area contributed by atoms with Crippen LogP contribution in [0.3, 0.4) is 0 Å². The predicted molar refractivity (Wildman–Crippen MR) is 66.4 cm³/mol. The van der Waals surface area contributed by atoms with Crippen molar-refractivity contribution in [2.24, 2.45) is 5.73 Å². The molecular formula is C11H16N2O3S. The van der Waals surface area contributed by atoms with Gasteiger partial charge in [-0.25, -0.2) is 13.1 Å². The SMILES string of the molecule is COc1cccc(S(=O)(=O)NC/C=C/CN)c1. The summed E-state index contributed by atoms with van der Waals surface area (Å²) in [5.74, 6) is 0.505. The standard InChI is InChI=1S/C11H16N2O3S/c1-16-10-5-4-6-11(9-10)17(14,15)13-8-3-2-7-12/h2-6,9,13H,7-8,12H2,1H3/b3-2+. The quantitative estimate of drug-likeness (QED) is 0.726. The van der Waals surface area contributed by atoms with Gasteiger partial charge < -0.3 is 10.5 Å². The third-order valence-corrected chi connectivity index (χ3v) is 3.47. The lowest BCUT2D eigenvalue weighted by Crippen LogP contribution is -2.23. The smallest absolute Gasteiger partial charge is 0.240 e.